The standard InChI is InChI=1S/C21H20N6O/c1-14-18-13-24-27(20-22-8-4-9-23-20)21(28)26(18)15(2)19(14)16-6-3-7-17(12-16)25-10-5-11-25/h3-4,6-9,12-13H,5,10-11H2,1-2H3. The minimum atomic E-state index is -0.269. The van der Waals surface area contributed by atoms with Crippen LogP contribution in [0.25, 0.3) is 22.6 Å². The zero-order valence-corrected chi connectivity index (χ0v) is 15.8. The van der Waals surface area contributed by atoms with Gasteiger partial charge in [0.2, 0.25) is 0 Å². The Morgan fingerprint density at radius 2 is 1.82 bits per heavy atom. The van der Waals surface area contributed by atoms with E-state index < -0.39 is 0 Å². The van der Waals surface area contributed by atoms with Gasteiger partial charge in [0, 0.05) is 42.4 Å². The molecule has 4 heterocycles. The summed E-state index contributed by atoms with van der Waals surface area (Å²) in [4.78, 5) is 23.8. The summed E-state index contributed by atoms with van der Waals surface area (Å²) < 4.78 is 2.93. The molecule has 0 amide bonds. The van der Waals surface area contributed by atoms with Crippen molar-refractivity contribution in [3.05, 3.63) is 70.7 Å². The van der Waals surface area contributed by atoms with Crippen LogP contribution in [-0.2, 0) is 0 Å². The molecule has 0 unspecified atom stereocenters. The molecule has 7 heteroatoms. The van der Waals surface area contributed by atoms with Crippen LogP contribution in [0.3, 0.4) is 0 Å². The molecule has 0 radical (unpaired) electrons. The molecule has 0 aliphatic carbocycles. The maximum atomic E-state index is 13.2. The van der Waals surface area contributed by atoms with E-state index in [0.29, 0.717) is 0 Å². The van der Waals surface area contributed by atoms with E-state index in [0.717, 1.165) is 41.0 Å². The molecule has 140 valence electrons. The van der Waals surface area contributed by atoms with Gasteiger partial charge in [-0.25, -0.2) is 14.8 Å². The lowest BCUT2D eigenvalue weighted by molar-refractivity contribution is 0.618. The van der Waals surface area contributed by atoms with E-state index in [1.807, 2.05) is 13.8 Å². The molecule has 1 aliphatic rings. The van der Waals surface area contributed by atoms with Crippen molar-refractivity contribution in [2.45, 2.75) is 20.3 Å². The van der Waals surface area contributed by atoms with Gasteiger partial charge in [-0.2, -0.15) is 5.10 Å². The first-order valence-electron chi connectivity index (χ1n) is 9.38. The van der Waals surface area contributed by atoms with E-state index in [1.54, 1.807) is 29.1 Å². The lowest BCUT2D eigenvalue weighted by Crippen LogP contribution is -2.36. The fraction of sp³-hybridized carbons (Fsp3) is 0.238. The van der Waals surface area contributed by atoms with E-state index in [9.17, 15) is 4.79 Å². The van der Waals surface area contributed by atoms with Gasteiger partial charge in [0.1, 0.15) is 0 Å². The first kappa shape index (κ1) is 16.7. The molecular weight excluding hydrogens is 352 g/mol. The third-order valence-corrected chi connectivity index (χ3v) is 5.46. The summed E-state index contributed by atoms with van der Waals surface area (Å²) in [6.07, 6.45) is 6.15. The van der Waals surface area contributed by atoms with Gasteiger partial charge in [-0.15, -0.1) is 4.68 Å². The molecule has 0 spiro atoms. The normalized spacial score (nSPS) is 13.7. The van der Waals surface area contributed by atoms with Crippen molar-refractivity contribution in [1.82, 2.24) is 24.1 Å². The van der Waals surface area contributed by atoms with Gasteiger partial charge in [0.05, 0.1) is 11.7 Å². The van der Waals surface area contributed by atoms with Crippen molar-refractivity contribution < 1.29 is 0 Å². The number of aryl methyl sites for hydroxylation is 2. The second-order valence-electron chi connectivity index (χ2n) is 7.08. The van der Waals surface area contributed by atoms with Crippen LogP contribution in [0.15, 0.2) is 53.7 Å². The lowest BCUT2D eigenvalue weighted by Gasteiger charge is -2.33. The molecule has 5 rings (SSSR count). The van der Waals surface area contributed by atoms with Crippen LogP contribution in [-0.4, -0.2) is 37.2 Å². The van der Waals surface area contributed by atoms with Crippen LogP contribution < -0.4 is 10.6 Å². The Bertz CT molecular complexity index is 1240. The van der Waals surface area contributed by atoms with Gasteiger partial charge in [0.15, 0.2) is 0 Å². The summed E-state index contributed by atoms with van der Waals surface area (Å²) in [6.45, 7) is 6.22. The smallest absolute Gasteiger partial charge is 0.356 e. The van der Waals surface area contributed by atoms with Gasteiger partial charge in [-0.1, -0.05) is 12.1 Å². The summed E-state index contributed by atoms with van der Waals surface area (Å²) in [5.74, 6) is 0.265. The highest BCUT2D eigenvalue weighted by molar-refractivity contribution is 5.80. The molecule has 1 fully saturated rings. The Balaban J connectivity index is 1.71. The monoisotopic (exact) mass is 372 g/mol. The molecule has 28 heavy (non-hydrogen) atoms. The number of nitrogens with zero attached hydrogens (tertiary/aromatic N) is 6. The second kappa shape index (κ2) is 6.30. The van der Waals surface area contributed by atoms with Gasteiger partial charge in [-0.05, 0) is 49.6 Å². The molecule has 1 aliphatic heterocycles. The second-order valence-corrected chi connectivity index (χ2v) is 7.08. The molecule has 1 aromatic carbocycles. The van der Waals surface area contributed by atoms with Gasteiger partial charge < -0.3 is 4.90 Å². The highest BCUT2D eigenvalue weighted by Crippen LogP contribution is 2.34. The maximum absolute atomic E-state index is 13.2. The fourth-order valence-electron chi connectivity index (χ4n) is 3.91. The minimum Gasteiger partial charge on any atom is -0.371 e. The quantitative estimate of drug-likeness (QED) is 0.553. The number of aromatic nitrogens is 5. The Morgan fingerprint density at radius 3 is 2.54 bits per heavy atom. The third kappa shape index (κ3) is 2.43. The van der Waals surface area contributed by atoms with Crippen molar-refractivity contribution in [1.29, 1.82) is 0 Å². The van der Waals surface area contributed by atoms with Crippen molar-refractivity contribution >= 4 is 11.2 Å². The summed E-state index contributed by atoms with van der Waals surface area (Å²) in [5, 5.41) is 4.30. The van der Waals surface area contributed by atoms with Gasteiger partial charge in [-0.3, -0.25) is 4.40 Å². The van der Waals surface area contributed by atoms with Crippen molar-refractivity contribution in [3.63, 3.8) is 0 Å². The van der Waals surface area contributed by atoms with Gasteiger partial charge >= 0.3 is 5.69 Å². The molecular formula is C21H20N6O. The van der Waals surface area contributed by atoms with Crippen molar-refractivity contribution in [3.8, 4) is 17.1 Å². The van der Waals surface area contributed by atoms with Crippen molar-refractivity contribution in [2.24, 2.45) is 0 Å². The van der Waals surface area contributed by atoms with Crippen molar-refractivity contribution in [2.75, 3.05) is 18.0 Å². The number of anilines is 1. The first-order chi connectivity index (χ1) is 13.6. The average Bonchev–Trinajstić information content (AvgIpc) is 2.93. The fourth-order valence-corrected chi connectivity index (χ4v) is 3.91. The molecule has 4 aromatic rings. The number of rotatable bonds is 3. The molecule has 7 nitrogen and oxygen atoms in total. The molecule has 0 saturated carbocycles. The first-order valence-corrected chi connectivity index (χ1v) is 9.38. The van der Waals surface area contributed by atoms with Crippen LogP contribution in [0.5, 0.6) is 0 Å². The molecule has 3 aromatic heterocycles. The minimum absolute atomic E-state index is 0.265. The zero-order chi connectivity index (χ0) is 19.3. The molecule has 0 atom stereocenters. The Kier molecular flexibility index (Phi) is 3.75. The summed E-state index contributed by atoms with van der Waals surface area (Å²) in [5.41, 5.74) is 5.90. The summed E-state index contributed by atoms with van der Waals surface area (Å²) >= 11 is 0. The number of benzene rings is 1. The number of hydrogen-bond donors (Lipinski definition) is 0. The van der Waals surface area contributed by atoms with E-state index in [2.05, 4.69) is 44.2 Å². The van der Waals surface area contributed by atoms with E-state index >= 15 is 0 Å². The number of hydrogen-bond acceptors (Lipinski definition) is 5. The highest BCUT2D eigenvalue weighted by Gasteiger charge is 2.20. The largest absolute Gasteiger partial charge is 0.371 e. The maximum Gasteiger partial charge on any atom is 0.356 e. The van der Waals surface area contributed by atoms with Crippen LogP contribution in [0, 0.1) is 13.8 Å². The summed E-state index contributed by atoms with van der Waals surface area (Å²) in [7, 11) is 0. The SMILES string of the molecule is Cc1c(-c2cccc(N3CCC3)c2)c(C)n2c(=O)n(-c3ncccn3)ncc12. The topological polar surface area (TPSA) is 68.3 Å². The molecule has 1 saturated heterocycles. The summed E-state index contributed by atoms with van der Waals surface area (Å²) in [6, 6.07) is 10.2. The van der Waals surface area contributed by atoms with Crippen LogP contribution in [0.2, 0.25) is 0 Å². The lowest BCUT2D eigenvalue weighted by atomic mass is 10.0. The van der Waals surface area contributed by atoms with Crippen LogP contribution in [0.4, 0.5) is 5.69 Å². The predicted molar refractivity (Wildman–Crippen MR) is 108 cm³/mol. The highest BCUT2D eigenvalue weighted by atomic mass is 16.2. The number of fused-ring (bicyclic) bond motifs is 1. The zero-order valence-electron chi connectivity index (χ0n) is 15.8. The Morgan fingerprint density at radius 1 is 1.04 bits per heavy atom. The van der Waals surface area contributed by atoms with E-state index in [-0.39, 0.29) is 11.6 Å². The predicted octanol–water partition coefficient (Wildman–Crippen LogP) is 2.77. The average molecular weight is 372 g/mol. The third-order valence-electron chi connectivity index (χ3n) is 5.46. The van der Waals surface area contributed by atoms with Crippen LogP contribution >= 0.6 is 0 Å². The van der Waals surface area contributed by atoms with Crippen LogP contribution in [0.1, 0.15) is 17.7 Å². The Labute approximate surface area is 161 Å². The van der Waals surface area contributed by atoms with E-state index in [1.165, 1.54) is 16.8 Å². The van der Waals surface area contributed by atoms with Gasteiger partial charge in [0.25, 0.3) is 5.95 Å². The molecule has 0 bridgehead atoms. The molecule has 0 N–H and O–H groups in total. The Hall–Kier alpha value is -3.48. The van der Waals surface area contributed by atoms with E-state index in [4.69, 9.17) is 0 Å².